The van der Waals surface area contributed by atoms with Crippen molar-refractivity contribution in [1.29, 1.82) is 0 Å². The van der Waals surface area contributed by atoms with Crippen molar-refractivity contribution in [3.05, 3.63) is 29.6 Å². The highest BCUT2D eigenvalue weighted by molar-refractivity contribution is 5.56. The number of nitrogens with zero attached hydrogens (tertiary/aromatic N) is 1. The first kappa shape index (κ1) is 13.0. The summed E-state index contributed by atoms with van der Waals surface area (Å²) < 4.78 is 13.9. The summed E-state index contributed by atoms with van der Waals surface area (Å²) in [6.45, 7) is 8.80. The Bertz CT molecular complexity index is 348. The minimum atomic E-state index is -0.189. The minimum Gasteiger partial charge on any atom is -0.367 e. The molecule has 0 unspecified atom stereocenters. The normalized spacial score (nSPS) is 12.9. The Balaban J connectivity index is 3.28. The molecule has 0 amide bonds. The number of para-hydroxylation sites is 1. The summed E-state index contributed by atoms with van der Waals surface area (Å²) in [4.78, 5) is 2.04. The van der Waals surface area contributed by atoms with E-state index in [0.29, 0.717) is 5.69 Å². The van der Waals surface area contributed by atoms with Gasteiger partial charge in [0.05, 0.1) is 5.69 Å². The predicted octanol–water partition coefficient (Wildman–Crippen LogP) is 3.08. The lowest BCUT2D eigenvalue weighted by molar-refractivity contribution is 0.597. The van der Waals surface area contributed by atoms with Crippen LogP contribution in [0.2, 0.25) is 0 Å². The third-order valence-electron chi connectivity index (χ3n) is 2.76. The highest BCUT2D eigenvalue weighted by Crippen LogP contribution is 2.29. The Morgan fingerprint density at radius 2 is 1.94 bits per heavy atom. The van der Waals surface area contributed by atoms with Crippen LogP contribution in [0.3, 0.4) is 0 Å². The van der Waals surface area contributed by atoms with Gasteiger partial charge in [0.15, 0.2) is 0 Å². The number of hydrogen-bond donors (Lipinski definition) is 1. The molecule has 0 saturated carbocycles. The van der Waals surface area contributed by atoms with Gasteiger partial charge in [-0.1, -0.05) is 12.1 Å². The molecule has 1 aromatic carbocycles. The van der Waals surface area contributed by atoms with Gasteiger partial charge in [-0.05, 0) is 39.3 Å². The molecule has 2 N–H and O–H groups in total. The van der Waals surface area contributed by atoms with Crippen LogP contribution < -0.4 is 10.6 Å². The summed E-state index contributed by atoms with van der Waals surface area (Å²) in [5.74, 6) is -0.189. The topological polar surface area (TPSA) is 29.3 Å². The lowest BCUT2D eigenvalue weighted by Crippen LogP contribution is -2.32. The average Bonchev–Trinajstić information content (AvgIpc) is 2.20. The predicted molar refractivity (Wildman–Crippen MR) is 67.2 cm³/mol. The van der Waals surface area contributed by atoms with Crippen LogP contribution in [0, 0.1) is 5.82 Å². The van der Waals surface area contributed by atoms with E-state index in [9.17, 15) is 4.39 Å². The van der Waals surface area contributed by atoms with Crippen molar-refractivity contribution in [2.75, 3.05) is 11.4 Å². The molecule has 1 aromatic rings. The molecule has 0 bridgehead atoms. The zero-order chi connectivity index (χ0) is 12.3. The molecule has 1 atom stereocenters. The SMILES string of the molecule is CCN(c1c(F)cccc1[C@H](C)N)C(C)C. The Hall–Kier alpha value is -1.09. The number of anilines is 1. The zero-order valence-corrected chi connectivity index (χ0v) is 10.5. The molecular weight excluding hydrogens is 203 g/mol. The van der Waals surface area contributed by atoms with Crippen LogP contribution in [0.5, 0.6) is 0 Å². The standard InChI is InChI=1S/C13H21FN2/c1-5-16(9(2)3)13-11(10(4)15)7-6-8-12(13)14/h6-10H,5,15H2,1-4H3/t10-/m0/s1. The monoisotopic (exact) mass is 224 g/mol. The van der Waals surface area contributed by atoms with E-state index in [-0.39, 0.29) is 17.9 Å². The molecule has 0 heterocycles. The summed E-state index contributed by atoms with van der Waals surface area (Å²) >= 11 is 0. The first-order chi connectivity index (χ1) is 7.49. The third-order valence-corrected chi connectivity index (χ3v) is 2.76. The molecule has 1 rings (SSSR count). The Labute approximate surface area is 97.3 Å². The summed E-state index contributed by atoms with van der Waals surface area (Å²) in [5, 5.41) is 0. The molecule has 0 aliphatic rings. The van der Waals surface area contributed by atoms with E-state index >= 15 is 0 Å². The van der Waals surface area contributed by atoms with Crippen molar-refractivity contribution in [1.82, 2.24) is 0 Å². The first-order valence-electron chi connectivity index (χ1n) is 5.79. The van der Waals surface area contributed by atoms with E-state index in [1.54, 1.807) is 6.07 Å². The fraction of sp³-hybridized carbons (Fsp3) is 0.538. The van der Waals surface area contributed by atoms with Crippen LogP contribution in [0.25, 0.3) is 0 Å². The molecule has 0 fully saturated rings. The van der Waals surface area contributed by atoms with Gasteiger partial charge in [0.25, 0.3) is 0 Å². The maximum absolute atomic E-state index is 13.9. The molecule has 0 spiro atoms. The van der Waals surface area contributed by atoms with Gasteiger partial charge >= 0.3 is 0 Å². The van der Waals surface area contributed by atoms with E-state index in [0.717, 1.165) is 12.1 Å². The zero-order valence-electron chi connectivity index (χ0n) is 10.5. The molecule has 3 heteroatoms. The second-order valence-corrected chi connectivity index (χ2v) is 4.35. The number of hydrogen-bond acceptors (Lipinski definition) is 2. The lowest BCUT2D eigenvalue weighted by atomic mass is 10.0. The highest BCUT2D eigenvalue weighted by Gasteiger charge is 2.18. The average molecular weight is 224 g/mol. The van der Waals surface area contributed by atoms with Gasteiger partial charge in [-0.25, -0.2) is 4.39 Å². The van der Waals surface area contributed by atoms with Gasteiger partial charge < -0.3 is 10.6 Å². The van der Waals surface area contributed by atoms with Gasteiger partial charge in [0.1, 0.15) is 5.82 Å². The second kappa shape index (κ2) is 5.30. The smallest absolute Gasteiger partial charge is 0.146 e. The molecule has 2 nitrogen and oxygen atoms in total. The Kier molecular flexibility index (Phi) is 4.30. The van der Waals surface area contributed by atoms with Crippen LogP contribution in [0.4, 0.5) is 10.1 Å². The van der Waals surface area contributed by atoms with E-state index in [2.05, 4.69) is 13.8 Å². The van der Waals surface area contributed by atoms with Crippen molar-refractivity contribution in [3.63, 3.8) is 0 Å². The minimum absolute atomic E-state index is 0.154. The Morgan fingerprint density at radius 3 is 2.38 bits per heavy atom. The lowest BCUT2D eigenvalue weighted by Gasteiger charge is -2.30. The van der Waals surface area contributed by atoms with Crippen LogP contribution in [0.1, 0.15) is 39.3 Å². The van der Waals surface area contributed by atoms with Crippen LogP contribution in [-0.4, -0.2) is 12.6 Å². The number of benzene rings is 1. The molecule has 0 aliphatic carbocycles. The van der Waals surface area contributed by atoms with Crippen molar-refractivity contribution < 1.29 is 4.39 Å². The van der Waals surface area contributed by atoms with Gasteiger partial charge in [-0.15, -0.1) is 0 Å². The molecule has 0 aromatic heterocycles. The first-order valence-corrected chi connectivity index (χ1v) is 5.79. The van der Waals surface area contributed by atoms with E-state index in [1.807, 2.05) is 24.8 Å². The fourth-order valence-electron chi connectivity index (χ4n) is 1.98. The van der Waals surface area contributed by atoms with E-state index in [4.69, 9.17) is 5.73 Å². The molecule has 0 radical (unpaired) electrons. The third kappa shape index (κ3) is 2.53. The maximum atomic E-state index is 13.9. The maximum Gasteiger partial charge on any atom is 0.146 e. The molecule has 90 valence electrons. The number of halogens is 1. The van der Waals surface area contributed by atoms with Gasteiger partial charge in [0.2, 0.25) is 0 Å². The summed E-state index contributed by atoms with van der Waals surface area (Å²) in [5.41, 5.74) is 7.40. The largest absolute Gasteiger partial charge is 0.367 e. The summed E-state index contributed by atoms with van der Waals surface area (Å²) in [7, 11) is 0. The van der Waals surface area contributed by atoms with Gasteiger partial charge in [-0.2, -0.15) is 0 Å². The summed E-state index contributed by atoms with van der Waals surface area (Å²) in [6, 6.07) is 5.21. The quantitative estimate of drug-likeness (QED) is 0.851. The fourth-order valence-corrected chi connectivity index (χ4v) is 1.98. The number of nitrogens with two attached hydrogens (primary N) is 1. The van der Waals surface area contributed by atoms with E-state index < -0.39 is 0 Å². The number of rotatable bonds is 4. The highest BCUT2D eigenvalue weighted by atomic mass is 19.1. The van der Waals surface area contributed by atoms with Crippen molar-refractivity contribution in [3.8, 4) is 0 Å². The van der Waals surface area contributed by atoms with Crippen molar-refractivity contribution >= 4 is 5.69 Å². The molecule has 0 aliphatic heterocycles. The van der Waals surface area contributed by atoms with Crippen molar-refractivity contribution in [2.45, 2.75) is 39.8 Å². The van der Waals surface area contributed by atoms with Crippen LogP contribution in [-0.2, 0) is 0 Å². The van der Waals surface area contributed by atoms with Crippen molar-refractivity contribution in [2.24, 2.45) is 5.73 Å². The van der Waals surface area contributed by atoms with E-state index in [1.165, 1.54) is 6.07 Å². The van der Waals surface area contributed by atoms with Gasteiger partial charge in [-0.3, -0.25) is 0 Å². The second-order valence-electron chi connectivity index (χ2n) is 4.35. The summed E-state index contributed by atoms with van der Waals surface area (Å²) in [6.07, 6.45) is 0. The van der Waals surface area contributed by atoms with Gasteiger partial charge in [0, 0.05) is 18.6 Å². The molecule has 16 heavy (non-hydrogen) atoms. The molecular formula is C13H21FN2. The van der Waals surface area contributed by atoms with Crippen LogP contribution >= 0.6 is 0 Å². The molecule has 0 saturated heterocycles. The Morgan fingerprint density at radius 1 is 1.31 bits per heavy atom. The van der Waals surface area contributed by atoms with Crippen LogP contribution in [0.15, 0.2) is 18.2 Å².